The molecular formula is C9H11ClN2O. The number of fused-ring (bicyclic) bond motifs is 1. The standard InChI is InChI=1S/C9H11ClN2O/c1-6(13)8-9(10)11-7-4-2-3-5-12(7)8/h2-5H2,1H3. The molecule has 0 atom stereocenters. The maximum Gasteiger partial charge on any atom is 0.179 e. The van der Waals surface area contributed by atoms with E-state index in [4.69, 9.17) is 11.6 Å². The molecule has 1 aliphatic heterocycles. The molecule has 0 aromatic carbocycles. The number of nitrogens with zero attached hydrogens (tertiary/aromatic N) is 2. The fraction of sp³-hybridized carbons (Fsp3) is 0.556. The number of ketones is 1. The van der Waals surface area contributed by atoms with Gasteiger partial charge in [0, 0.05) is 19.9 Å². The van der Waals surface area contributed by atoms with Crippen LogP contribution >= 0.6 is 11.6 Å². The smallest absolute Gasteiger partial charge is 0.179 e. The van der Waals surface area contributed by atoms with Gasteiger partial charge >= 0.3 is 0 Å². The van der Waals surface area contributed by atoms with E-state index in [9.17, 15) is 4.79 Å². The summed E-state index contributed by atoms with van der Waals surface area (Å²) in [4.78, 5) is 15.4. The maximum atomic E-state index is 11.3. The second kappa shape index (κ2) is 3.14. The van der Waals surface area contributed by atoms with Gasteiger partial charge in [0.2, 0.25) is 0 Å². The zero-order valence-corrected chi connectivity index (χ0v) is 8.26. The van der Waals surface area contributed by atoms with E-state index in [0.29, 0.717) is 10.8 Å². The molecule has 0 fully saturated rings. The van der Waals surface area contributed by atoms with Crippen LogP contribution in [0.3, 0.4) is 0 Å². The van der Waals surface area contributed by atoms with Crippen LogP contribution in [-0.4, -0.2) is 15.3 Å². The van der Waals surface area contributed by atoms with Gasteiger partial charge in [0.25, 0.3) is 0 Å². The predicted octanol–water partition coefficient (Wildman–Crippen LogP) is 2.08. The minimum absolute atomic E-state index is 0.00523. The fourth-order valence-corrected chi connectivity index (χ4v) is 2.12. The molecule has 4 heteroatoms. The molecule has 1 aromatic rings. The first-order valence-electron chi connectivity index (χ1n) is 4.46. The fourth-order valence-electron chi connectivity index (χ4n) is 1.79. The predicted molar refractivity (Wildman–Crippen MR) is 50.2 cm³/mol. The van der Waals surface area contributed by atoms with Crippen molar-refractivity contribution in [3.8, 4) is 0 Å². The number of hydrogen-bond acceptors (Lipinski definition) is 2. The molecule has 0 N–H and O–H groups in total. The van der Waals surface area contributed by atoms with Gasteiger partial charge in [-0.25, -0.2) is 4.98 Å². The summed E-state index contributed by atoms with van der Waals surface area (Å²) in [7, 11) is 0. The summed E-state index contributed by atoms with van der Waals surface area (Å²) in [5, 5.41) is 0.365. The van der Waals surface area contributed by atoms with Crippen LogP contribution in [0.1, 0.15) is 36.1 Å². The normalized spacial score (nSPS) is 15.5. The molecular weight excluding hydrogens is 188 g/mol. The van der Waals surface area contributed by atoms with Crippen LogP contribution in [0.2, 0.25) is 5.15 Å². The molecule has 0 saturated carbocycles. The molecule has 0 spiro atoms. The monoisotopic (exact) mass is 198 g/mol. The molecule has 13 heavy (non-hydrogen) atoms. The summed E-state index contributed by atoms with van der Waals surface area (Å²) >= 11 is 5.88. The van der Waals surface area contributed by atoms with Crippen molar-refractivity contribution in [2.45, 2.75) is 32.7 Å². The highest BCUT2D eigenvalue weighted by molar-refractivity contribution is 6.32. The summed E-state index contributed by atoms with van der Waals surface area (Å²) in [6, 6.07) is 0. The van der Waals surface area contributed by atoms with E-state index < -0.39 is 0 Å². The first-order valence-corrected chi connectivity index (χ1v) is 4.84. The highest BCUT2D eigenvalue weighted by atomic mass is 35.5. The number of aryl methyl sites for hydroxylation is 1. The first kappa shape index (κ1) is 8.75. The Balaban J connectivity index is 2.54. The number of hydrogen-bond donors (Lipinski definition) is 0. The third-order valence-electron chi connectivity index (χ3n) is 2.37. The van der Waals surface area contributed by atoms with E-state index in [2.05, 4.69) is 4.98 Å². The lowest BCUT2D eigenvalue weighted by Gasteiger charge is -2.14. The Morgan fingerprint density at radius 1 is 1.54 bits per heavy atom. The zero-order chi connectivity index (χ0) is 9.42. The molecule has 0 aliphatic carbocycles. The van der Waals surface area contributed by atoms with Crippen LogP contribution in [0.5, 0.6) is 0 Å². The number of halogens is 1. The minimum Gasteiger partial charge on any atom is -0.324 e. The van der Waals surface area contributed by atoms with Crippen molar-refractivity contribution in [1.82, 2.24) is 9.55 Å². The topological polar surface area (TPSA) is 34.9 Å². The Kier molecular flexibility index (Phi) is 2.12. The van der Waals surface area contributed by atoms with Crippen molar-refractivity contribution >= 4 is 17.4 Å². The van der Waals surface area contributed by atoms with Crippen molar-refractivity contribution in [3.05, 3.63) is 16.7 Å². The molecule has 0 bridgehead atoms. The van der Waals surface area contributed by atoms with Crippen molar-refractivity contribution in [1.29, 1.82) is 0 Å². The summed E-state index contributed by atoms with van der Waals surface area (Å²) in [5.74, 6) is 0.965. The lowest BCUT2D eigenvalue weighted by molar-refractivity contribution is 0.100. The highest BCUT2D eigenvalue weighted by Crippen LogP contribution is 2.23. The Morgan fingerprint density at radius 3 is 3.00 bits per heavy atom. The molecule has 2 heterocycles. The average Bonchev–Trinajstić information content (AvgIpc) is 2.39. The van der Waals surface area contributed by atoms with E-state index >= 15 is 0 Å². The Hall–Kier alpha value is -0.830. The first-order chi connectivity index (χ1) is 6.20. The third-order valence-corrected chi connectivity index (χ3v) is 2.63. The molecule has 1 aromatic heterocycles. The molecule has 2 rings (SSSR count). The van der Waals surface area contributed by atoms with Gasteiger partial charge in [0.05, 0.1) is 0 Å². The van der Waals surface area contributed by atoms with E-state index in [1.807, 2.05) is 4.57 Å². The van der Waals surface area contributed by atoms with Crippen LogP contribution in [0.4, 0.5) is 0 Å². The number of Topliss-reactive ketones (excluding diaryl/α,β-unsaturated/α-hetero) is 1. The Morgan fingerprint density at radius 2 is 2.31 bits per heavy atom. The van der Waals surface area contributed by atoms with Crippen molar-refractivity contribution in [2.24, 2.45) is 0 Å². The van der Waals surface area contributed by atoms with Crippen LogP contribution in [-0.2, 0) is 13.0 Å². The minimum atomic E-state index is 0.00523. The average molecular weight is 199 g/mol. The molecule has 0 amide bonds. The molecule has 1 aliphatic rings. The molecule has 3 nitrogen and oxygen atoms in total. The summed E-state index contributed by atoms with van der Waals surface area (Å²) in [6.45, 7) is 2.41. The summed E-state index contributed by atoms with van der Waals surface area (Å²) in [6.07, 6.45) is 3.19. The van der Waals surface area contributed by atoms with Crippen LogP contribution in [0.25, 0.3) is 0 Å². The number of carbonyl (C=O) groups excluding carboxylic acids is 1. The van der Waals surface area contributed by atoms with Gasteiger partial charge in [-0.2, -0.15) is 0 Å². The molecule has 0 unspecified atom stereocenters. The summed E-state index contributed by atoms with van der Waals surface area (Å²) < 4.78 is 1.95. The van der Waals surface area contributed by atoms with E-state index in [0.717, 1.165) is 31.6 Å². The second-order valence-electron chi connectivity index (χ2n) is 3.33. The van der Waals surface area contributed by atoms with Crippen molar-refractivity contribution in [2.75, 3.05) is 0 Å². The highest BCUT2D eigenvalue weighted by Gasteiger charge is 2.20. The number of rotatable bonds is 1. The van der Waals surface area contributed by atoms with Crippen molar-refractivity contribution < 1.29 is 4.79 Å². The quantitative estimate of drug-likeness (QED) is 0.648. The molecule has 70 valence electrons. The van der Waals surface area contributed by atoms with Crippen LogP contribution < -0.4 is 0 Å². The zero-order valence-electron chi connectivity index (χ0n) is 7.51. The van der Waals surface area contributed by atoms with E-state index in [1.54, 1.807) is 0 Å². The Bertz CT molecular complexity index is 357. The van der Waals surface area contributed by atoms with Gasteiger partial charge in [-0.1, -0.05) is 11.6 Å². The lowest BCUT2D eigenvalue weighted by Crippen LogP contribution is -2.14. The van der Waals surface area contributed by atoms with Gasteiger partial charge < -0.3 is 4.57 Å². The number of aromatic nitrogens is 2. The SMILES string of the molecule is CC(=O)c1c(Cl)nc2n1CCCC2. The van der Waals surface area contributed by atoms with Gasteiger partial charge in [0.15, 0.2) is 10.9 Å². The molecule has 0 radical (unpaired) electrons. The third kappa shape index (κ3) is 1.37. The van der Waals surface area contributed by atoms with Gasteiger partial charge in [0.1, 0.15) is 11.5 Å². The summed E-state index contributed by atoms with van der Waals surface area (Å²) in [5.41, 5.74) is 0.580. The molecule has 0 saturated heterocycles. The van der Waals surface area contributed by atoms with E-state index in [1.165, 1.54) is 6.92 Å². The van der Waals surface area contributed by atoms with Gasteiger partial charge in [-0.05, 0) is 12.8 Å². The van der Waals surface area contributed by atoms with Crippen LogP contribution in [0, 0.1) is 0 Å². The van der Waals surface area contributed by atoms with Gasteiger partial charge in [-0.15, -0.1) is 0 Å². The lowest BCUT2D eigenvalue weighted by atomic mass is 10.1. The number of carbonyl (C=O) groups is 1. The van der Waals surface area contributed by atoms with Crippen LogP contribution in [0.15, 0.2) is 0 Å². The largest absolute Gasteiger partial charge is 0.324 e. The van der Waals surface area contributed by atoms with Gasteiger partial charge in [-0.3, -0.25) is 4.79 Å². The maximum absolute atomic E-state index is 11.3. The van der Waals surface area contributed by atoms with E-state index in [-0.39, 0.29) is 5.78 Å². The Labute approximate surface area is 81.7 Å². The number of imidazole rings is 1. The second-order valence-corrected chi connectivity index (χ2v) is 3.69. The van der Waals surface area contributed by atoms with Crippen molar-refractivity contribution in [3.63, 3.8) is 0 Å².